The van der Waals surface area contributed by atoms with E-state index >= 15 is 0 Å². The largest absolute Gasteiger partial charge is 0.454 e. The van der Waals surface area contributed by atoms with Crippen molar-refractivity contribution in [3.05, 3.63) is 23.8 Å². The zero-order chi connectivity index (χ0) is 14.7. The Bertz CT molecular complexity index is 524. The molecule has 1 aromatic carbocycles. The Kier molecular flexibility index (Phi) is 4.01. The van der Waals surface area contributed by atoms with Gasteiger partial charge >= 0.3 is 0 Å². The summed E-state index contributed by atoms with van der Waals surface area (Å²) in [5.74, 6) is 1.54. The number of hydrogen-bond acceptors (Lipinski definition) is 4. The summed E-state index contributed by atoms with van der Waals surface area (Å²) in [7, 11) is 0. The van der Waals surface area contributed by atoms with Crippen LogP contribution >= 0.6 is 0 Å². The number of nitrogens with one attached hydrogen (secondary N) is 2. The molecule has 0 aromatic heterocycles. The topological polar surface area (TPSA) is 59.6 Å². The van der Waals surface area contributed by atoms with Crippen LogP contribution in [0.3, 0.4) is 0 Å². The van der Waals surface area contributed by atoms with E-state index in [1.165, 1.54) is 0 Å². The van der Waals surface area contributed by atoms with Crippen molar-refractivity contribution in [2.24, 2.45) is 5.41 Å². The molecule has 0 aliphatic carbocycles. The SMILES string of the molecule is CC1(CNC(=O)Cc2ccc3c(c2)OCO3)CCNCC1. The van der Waals surface area contributed by atoms with Gasteiger partial charge in [0.2, 0.25) is 12.7 Å². The van der Waals surface area contributed by atoms with Gasteiger partial charge < -0.3 is 20.1 Å². The summed E-state index contributed by atoms with van der Waals surface area (Å²) in [6.07, 6.45) is 2.60. The van der Waals surface area contributed by atoms with Gasteiger partial charge in [-0.15, -0.1) is 0 Å². The van der Waals surface area contributed by atoms with E-state index in [2.05, 4.69) is 17.6 Å². The highest BCUT2D eigenvalue weighted by molar-refractivity contribution is 5.78. The molecule has 1 saturated heterocycles. The highest BCUT2D eigenvalue weighted by Crippen LogP contribution is 2.32. The lowest BCUT2D eigenvalue weighted by atomic mass is 9.81. The number of amides is 1. The summed E-state index contributed by atoms with van der Waals surface area (Å²) in [6.45, 7) is 5.33. The minimum absolute atomic E-state index is 0.0635. The van der Waals surface area contributed by atoms with Crippen LogP contribution in [0.1, 0.15) is 25.3 Å². The Morgan fingerprint density at radius 2 is 2.05 bits per heavy atom. The van der Waals surface area contributed by atoms with Crippen LogP contribution in [-0.2, 0) is 11.2 Å². The van der Waals surface area contributed by atoms with Crippen molar-refractivity contribution in [3.63, 3.8) is 0 Å². The van der Waals surface area contributed by atoms with Gasteiger partial charge in [0.15, 0.2) is 11.5 Å². The summed E-state index contributed by atoms with van der Waals surface area (Å²) in [6, 6.07) is 5.66. The number of carbonyl (C=O) groups is 1. The molecule has 0 atom stereocenters. The first-order valence-electron chi connectivity index (χ1n) is 7.51. The van der Waals surface area contributed by atoms with E-state index in [9.17, 15) is 4.79 Å². The maximum Gasteiger partial charge on any atom is 0.231 e. The standard InChI is InChI=1S/C16H22N2O3/c1-16(4-6-17-7-5-16)10-18-15(19)9-12-2-3-13-14(8-12)21-11-20-13/h2-3,8,17H,4-7,9-11H2,1H3,(H,18,19). The van der Waals surface area contributed by atoms with E-state index < -0.39 is 0 Å². The minimum Gasteiger partial charge on any atom is -0.454 e. The molecule has 2 aliphatic rings. The predicted molar refractivity (Wildman–Crippen MR) is 79.5 cm³/mol. The van der Waals surface area contributed by atoms with Crippen LogP contribution in [0.4, 0.5) is 0 Å². The second-order valence-electron chi connectivity index (χ2n) is 6.20. The number of benzene rings is 1. The molecule has 1 aromatic rings. The molecule has 0 radical (unpaired) electrons. The molecule has 2 aliphatic heterocycles. The number of ether oxygens (including phenoxy) is 2. The Balaban J connectivity index is 1.52. The summed E-state index contributed by atoms with van der Waals surface area (Å²) < 4.78 is 10.6. The van der Waals surface area contributed by atoms with E-state index in [0.717, 1.165) is 49.5 Å². The molecule has 2 N–H and O–H groups in total. The Morgan fingerprint density at radius 3 is 2.86 bits per heavy atom. The highest BCUT2D eigenvalue weighted by atomic mass is 16.7. The third-order valence-corrected chi connectivity index (χ3v) is 4.32. The molecule has 21 heavy (non-hydrogen) atoms. The number of rotatable bonds is 4. The van der Waals surface area contributed by atoms with Crippen LogP contribution in [0, 0.1) is 5.41 Å². The first kappa shape index (κ1) is 14.2. The zero-order valence-corrected chi connectivity index (χ0v) is 12.4. The van der Waals surface area contributed by atoms with Gasteiger partial charge in [-0.2, -0.15) is 0 Å². The van der Waals surface area contributed by atoms with E-state index in [1.807, 2.05) is 18.2 Å². The lowest BCUT2D eigenvalue weighted by Gasteiger charge is -2.34. The molecule has 0 bridgehead atoms. The molecule has 0 unspecified atom stereocenters. The summed E-state index contributed by atoms with van der Waals surface area (Å²) in [5.41, 5.74) is 1.17. The Labute approximate surface area is 125 Å². The van der Waals surface area contributed by atoms with Crippen molar-refractivity contribution < 1.29 is 14.3 Å². The molecule has 2 heterocycles. The highest BCUT2D eigenvalue weighted by Gasteiger charge is 2.27. The molecule has 3 rings (SSSR count). The third kappa shape index (κ3) is 3.47. The fraction of sp³-hybridized carbons (Fsp3) is 0.562. The van der Waals surface area contributed by atoms with Gasteiger partial charge in [-0.05, 0) is 49.0 Å². The summed E-state index contributed by atoms with van der Waals surface area (Å²) >= 11 is 0. The van der Waals surface area contributed by atoms with Crippen LogP contribution in [0.25, 0.3) is 0 Å². The lowest BCUT2D eigenvalue weighted by Crippen LogP contribution is -2.43. The molecule has 114 valence electrons. The van der Waals surface area contributed by atoms with Gasteiger partial charge in [0.05, 0.1) is 6.42 Å². The van der Waals surface area contributed by atoms with Gasteiger partial charge in [-0.3, -0.25) is 4.79 Å². The average molecular weight is 290 g/mol. The second kappa shape index (κ2) is 5.93. The van der Waals surface area contributed by atoms with Crippen LogP contribution in [0.2, 0.25) is 0 Å². The number of hydrogen-bond donors (Lipinski definition) is 2. The normalized spacial score (nSPS) is 19.3. The van der Waals surface area contributed by atoms with Crippen molar-refractivity contribution in [2.75, 3.05) is 26.4 Å². The van der Waals surface area contributed by atoms with Crippen molar-refractivity contribution >= 4 is 5.91 Å². The van der Waals surface area contributed by atoms with Gasteiger partial charge in [0, 0.05) is 6.54 Å². The number of carbonyl (C=O) groups excluding carboxylic acids is 1. The molecular formula is C16H22N2O3. The quantitative estimate of drug-likeness (QED) is 0.881. The van der Waals surface area contributed by atoms with Crippen molar-refractivity contribution in [1.29, 1.82) is 0 Å². The van der Waals surface area contributed by atoms with Crippen LogP contribution in [0.15, 0.2) is 18.2 Å². The summed E-state index contributed by atoms with van der Waals surface area (Å²) in [4.78, 5) is 12.1. The van der Waals surface area contributed by atoms with E-state index in [0.29, 0.717) is 6.42 Å². The minimum atomic E-state index is 0.0635. The predicted octanol–water partition coefficient (Wildman–Crippen LogP) is 1.46. The molecule has 0 spiro atoms. The summed E-state index contributed by atoms with van der Waals surface area (Å²) in [5, 5.41) is 6.42. The van der Waals surface area contributed by atoms with E-state index in [4.69, 9.17) is 9.47 Å². The zero-order valence-electron chi connectivity index (χ0n) is 12.4. The fourth-order valence-electron chi connectivity index (χ4n) is 2.82. The molecule has 0 saturated carbocycles. The number of piperidine rings is 1. The van der Waals surface area contributed by atoms with Crippen LogP contribution < -0.4 is 20.1 Å². The van der Waals surface area contributed by atoms with Gasteiger partial charge in [-0.1, -0.05) is 13.0 Å². The van der Waals surface area contributed by atoms with E-state index in [1.54, 1.807) is 0 Å². The first-order chi connectivity index (χ1) is 10.1. The van der Waals surface area contributed by atoms with Crippen molar-refractivity contribution in [3.8, 4) is 11.5 Å². The molecule has 5 nitrogen and oxygen atoms in total. The average Bonchev–Trinajstić information content (AvgIpc) is 2.94. The van der Waals surface area contributed by atoms with Crippen molar-refractivity contribution in [1.82, 2.24) is 10.6 Å². The van der Waals surface area contributed by atoms with Crippen molar-refractivity contribution in [2.45, 2.75) is 26.2 Å². The smallest absolute Gasteiger partial charge is 0.231 e. The Hall–Kier alpha value is -1.75. The van der Waals surface area contributed by atoms with Gasteiger partial charge in [-0.25, -0.2) is 0 Å². The third-order valence-electron chi connectivity index (χ3n) is 4.32. The fourth-order valence-corrected chi connectivity index (χ4v) is 2.82. The number of fused-ring (bicyclic) bond motifs is 1. The second-order valence-corrected chi connectivity index (χ2v) is 6.20. The van der Waals surface area contributed by atoms with Gasteiger partial charge in [0.25, 0.3) is 0 Å². The Morgan fingerprint density at radius 1 is 1.29 bits per heavy atom. The molecule has 1 amide bonds. The first-order valence-corrected chi connectivity index (χ1v) is 7.51. The molecule has 5 heteroatoms. The van der Waals surface area contributed by atoms with Crippen LogP contribution in [-0.4, -0.2) is 32.3 Å². The van der Waals surface area contributed by atoms with Crippen LogP contribution in [0.5, 0.6) is 11.5 Å². The lowest BCUT2D eigenvalue weighted by molar-refractivity contribution is -0.121. The van der Waals surface area contributed by atoms with E-state index in [-0.39, 0.29) is 18.1 Å². The van der Waals surface area contributed by atoms with Gasteiger partial charge in [0.1, 0.15) is 0 Å². The molecular weight excluding hydrogens is 268 g/mol. The monoisotopic (exact) mass is 290 g/mol. The maximum absolute atomic E-state index is 12.1. The maximum atomic E-state index is 12.1. The molecule has 1 fully saturated rings.